The number of carboxylic acids is 1. The Morgan fingerprint density at radius 1 is 1.56 bits per heavy atom. The molecule has 0 saturated heterocycles. The lowest BCUT2D eigenvalue weighted by molar-refractivity contribution is -0.142. The molecule has 0 bridgehead atoms. The third-order valence-electron chi connectivity index (χ3n) is 2.27. The number of rotatable bonds is 3. The van der Waals surface area contributed by atoms with Gasteiger partial charge in [-0.05, 0) is 12.8 Å². The topological polar surface area (TPSA) is 98.2 Å². The van der Waals surface area contributed by atoms with Crippen molar-refractivity contribution in [2.45, 2.75) is 26.8 Å². The maximum atomic E-state index is 11.7. The molecular weight excluding hydrogens is 210 g/mol. The molecule has 0 aliphatic heterocycles. The minimum absolute atomic E-state index is 0.0638. The number of carboxylic acid groups (broad SMARTS) is 1. The molecule has 0 aliphatic rings. The molecule has 6 nitrogen and oxygen atoms in total. The fraction of sp³-hybridized carbons (Fsp3) is 0.500. The van der Waals surface area contributed by atoms with E-state index >= 15 is 0 Å². The van der Waals surface area contributed by atoms with E-state index in [0.717, 1.165) is 4.57 Å². The molecule has 1 atom stereocenters. The van der Waals surface area contributed by atoms with Crippen LogP contribution in [-0.2, 0) is 4.79 Å². The lowest BCUT2D eigenvalue weighted by Gasteiger charge is -2.20. The Labute approximate surface area is 92.7 Å². The number of nitrogens with two attached hydrogens (primary N) is 1. The third kappa shape index (κ3) is 2.21. The number of hydrogen-bond donors (Lipinski definition) is 2. The molecule has 1 rings (SSSR count). The predicted octanol–water partition coefficient (Wildman–Crippen LogP) is 0.416. The van der Waals surface area contributed by atoms with Gasteiger partial charge in [-0.2, -0.15) is 0 Å². The summed E-state index contributed by atoms with van der Waals surface area (Å²) in [5.74, 6) is -1.40. The van der Waals surface area contributed by atoms with Gasteiger partial charge in [0.15, 0.2) is 0 Å². The summed E-state index contributed by atoms with van der Waals surface area (Å²) in [4.78, 5) is 26.7. The standard InChI is InChI=1S/C10H15N3O3/c1-5(2)8(9(15)16)13-7(14)4-6(3)12-10(13)11/h4-5,8H,1-3H3,(H2,11,12)(H,15,16)/t8-/m1/s1. The average Bonchev–Trinajstić information content (AvgIpc) is 2.09. The van der Waals surface area contributed by atoms with E-state index < -0.39 is 17.6 Å². The molecule has 6 heteroatoms. The largest absolute Gasteiger partial charge is 0.480 e. The minimum Gasteiger partial charge on any atom is -0.480 e. The molecule has 0 unspecified atom stereocenters. The Balaban J connectivity index is 3.41. The van der Waals surface area contributed by atoms with Crippen molar-refractivity contribution in [3.8, 4) is 0 Å². The van der Waals surface area contributed by atoms with Gasteiger partial charge in [0.1, 0.15) is 6.04 Å². The van der Waals surface area contributed by atoms with Gasteiger partial charge in [0.05, 0.1) is 0 Å². The fourth-order valence-electron chi connectivity index (χ4n) is 1.60. The van der Waals surface area contributed by atoms with E-state index in [2.05, 4.69) is 4.98 Å². The fourth-order valence-corrected chi connectivity index (χ4v) is 1.60. The summed E-state index contributed by atoms with van der Waals surface area (Å²) >= 11 is 0. The summed E-state index contributed by atoms with van der Waals surface area (Å²) < 4.78 is 1.01. The molecule has 16 heavy (non-hydrogen) atoms. The van der Waals surface area contributed by atoms with Crippen LogP contribution in [0.3, 0.4) is 0 Å². The van der Waals surface area contributed by atoms with E-state index in [9.17, 15) is 9.59 Å². The summed E-state index contributed by atoms with van der Waals surface area (Å²) in [5.41, 5.74) is 5.63. The van der Waals surface area contributed by atoms with Crippen LogP contribution in [0.4, 0.5) is 5.95 Å². The first-order valence-electron chi connectivity index (χ1n) is 4.93. The van der Waals surface area contributed by atoms with E-state index in [1.807, 2.05) is 0 Å². The van der Waals surface area contributed by atoms with E-state index in [0.29, 0.717) is 5.69 Å². The Morgan fingerprint density at radius 2 is 2.12 bits per heavy atom. The van der Waals surface area contributed by atoms with Crippen molar-refractivity contribution in [2.24, 2.45) is 5.92 Å². The van der Waals surface area contributed by atoms with Crippen LogP contribution in [0.5, 0.6) is 0 Å². The molecule has 0 radical (unpaired) electrons. The SMILES string of the molecule is Cc1cc(=O)n([C@@H](C(=O)O)C(C)C)c(N)n1. The Bertz CT molecular complexity index is 465. The van der Waals surface area contributed by atoms with E-state index in [1.54, 1.807) is 20.8 Å². The van der Waals surface area contributed by atoms with Gasteiger partial charge < -0.3 is 10.8 Å². The van der Waals surface area contributed by atoms with E-state index in [1.165, 1.54) is 6.07 Å². The third-order valence-corrected chi connectivity index (χ3v) is 2.27. The van der Waals surface area contributed by atoms with Gasteiger partial charge >= 0.3 is 5.97 Å². The van der Waals surface area contributed by atoms with Crippen LogP contribution in [0.15, 0.2) is 10.9 Å². The summed E-state index contributed by atoms with van der Waals surface area (Å²) in [6.45, 7) is 5.06. The molecule has 0 amide bonds. The molecule has 88 valence electrons. The average molecular weight is 225 g/mol. The van der Waals surface area contributed by atoms with E-state index in [-0.39, 0.29) is 11.9 Å². The van der Waals surface area contributed by atoms with Crippen LogP contribution in [0.25, 0.3) is 0 Å². The quantitative estimate of drug-likeness (QED) is 0.776. The molecule has 0 spiro atoms. The van der Waals surface area contributed by atoms with Crippen molar-refractivity contribution in [1.29, 1.82) is 0 Å². The Hall–Kier alpha value is -1.85. The second-order valence-electron chi connectivity index (χ2n) is 3.99. The molecule has 1 aromatic rings. The normalized spacial score (nSPS) is 12.8. The van der Waals surface area contributed by atoms with Crippen LogP contribution in [0.2, 0.25) is 0 Å². The van der Waals surface area contributed by atoms with Gasteiger partial charge in [-0.15, -0.1) is 0 Å². The number of aryl methyl sites for hydroxylation is 1. The zero-order valence-electron chi connectivity index (χ0n) is 9.47. The summed E-state index contributed by atoms with van der Waals surface area (Å²) in [6, 6.07) is 0.287. The van der Waals surface area contributed by atoms with Crippen LogP contribution in [0.1, 0.15) is 25.6 Å². The smallest absolute Gasteiger partial charge is 0.327 e. The van der Waals surface area contributed by atoms with Gasteiger partial charge in [0.25, 0.3) is 5.56 Å². The summed E-state index contributed by atoms with van der Waals surface area (Å²) in [7, 11) is 0. The maximum Gasteiger partial charge on any atom is 0.327 e. The predicted molar refractivity (Wildman–Crippen MR) is 59.2 cm³/mol. The Morgan fingerprint density at radius 3 is 2.50 bits per heavy atom. The van der Waals surface area contributed by atoms with Gasteiger partial charge in [-0.25, -0.2) is 9.78 Å². The Kier molecular flexibility index (Phi) is 3.31. The lowest BCUT2D eigenvalue weighted by Crippen LogP contribution is -2.35. The number of nitrogens with zero attached hydrogens (tertiary/aromatic N) is 2. The van der Waals surface area contributed by atoms with E-state index in [4.69, 9.17) is 10.8 Å². The van der Waals surface area contributed by atoms with Crippen molar-refractivity contribution < 1.29 is 9.90 Å². The van der Waals surface area contributed by atoms with Crippen molar-refractivity contribution in [2.75, 3.05) is 5.73 Å². The second kappa shape index (κ2) is 4.34. The van der Waals surface area contributed by atoms with Crippen LogP contribution in [-0.4, -0.2) is 20.6 Å². The molecule has 1 heterocycles. The lowest BCUT2D eigenvalue weighted by atomic mass is 10.0. The molecule has 3 N–H and O–H groups in total. The number of hydrogen-bond acceptors (Lipinski definition) is 4. The van der Waals surface area contributed by atoms with Gasteiger partial charge in [-0.3, -0.25) is 9.36 Å². The monoisotopic (exact) mass is 225 g/mol. The zero-order valence-corrected chi connectivity index (χ0v) is 9.47. The highest BCUT2D eigenvalue weighted by atomic mass is 16.4. The first kappa shape index (κ1) is 12.2. The molecule has 0 saturated carbocycles. The van der Waals surface area contributed by atoms with Crippen molar-refractivity contribution >= 4 is 11.9 Å². The van der Waals surface area contributed by atoms with Gasteiger partial charge in [-0.1, -0.05) is 13.8 Å². The van der Waals surface area contributed by atoms with Crippen LogP contribution in [0, 0.1) is 12.8 Å². The number of anilines is 1. The van der Waals surface area contributed by atoms with Crippen LogP contribution >= 0.6 is 0 Å². The number of aromatic nitrogens is 2. The molecule has 0 aliphatic carbocycles. The minimum atomic E-state index is -1.09. The maximum absolute atomic E-state index is 11.7. The van der Waals surface area contributed by atoms with Crippen molar-refractivity contribution in [3.05, 3.63) is 22.1 Å². The van der Waals surface area contributed by atoms with Crippen LogP contribution < -0.4 is 11.3 Å². The summed E-state index contributed by atoms with van der Waals surface area (Å²) in [5, 5.41) is 9.07. The number of aliphatic carboxylic acids is 1. The molecule has 1 aromatic heterocycles. The van der Waals surface area contributed by atoms with Gasteiger partial charge in [0, 0.05) is 11.8 Å². The zero-order chi connectivity index (χ0) is 12.5. The molecular formula is C10H15N3O3. The molecule has 0 aromatic carbocycles. The van der Waals surface area contributed by atoms with Gasteiger partial charge in [0.2, 0.25) is 5.95 Å². The number of carbonyl (C=O) groups is 1. The first-order valence-corrected chi connectivity index (χ1v) is 4.93. The highest BCUT2D eigenvalue weighted by Gasteiger charge is 2.26. The highest BCUT2D eigenvalue weighted by Crippen LogP contribution is 2.18. The molecule has 0 fully saturated rings. The first-order chi connectivity index (χ1) is 7.34. The second-order valence-corrected chi connectivity index (χ2v) is 3.99. The highest BCUT2D eigenvalue weighted by molar-refractivity contribution is 5.72. The van der Waals surface area contributed by atoms with Crippen molar-refractivity contribution in [3.63, 3.8) is 0 Å². The number of nitrogen functional groups attached to an aromatic ring is 1. The summed E-state index contributed by atoms with van der Waals surface area (Å²) in [6.07, 6.45) is 0. The van der Waals surface area contributed by atoms with Crippen molar-refractivity contribution in [1.82, 2.24) is 9.55 Å².